The van der Waals surface area contributed by atoms with Crippen LogP contribution in [0.15, 0.2) is 71.9 Å². The molecule has 38 heavy (non-hydrogen) atoms. The second-order valence-electron chi connectivity index (χ2n) is 7.78. The topological polar surface area (TPSA) is 107 Å². The van der Waals surface area contributed by atoms with E-state index in [0.29, 0.717) is 38.9 Å². The lowest BCUT2D eigenvalue weighted by Crippen LogP contribution is -2.25. The molecule has 0 aliphatic rings. The fourth-order valence-electron chi connectivity index (χ4n) is 3.49. The molecule has 0 radical (unpaired) electrons. The third kappa shape index (κ3) is 6.58. The molecular formula is C26H23Cl2N5O4S. The number of amides is 2. The number of benzene rings is 3. The maximum atomic E-state index is 12.8. The molecule has 0 saturated heterocycles. The number of nitrogens with zero attached hydrogens (tertiary/aromatic N) is 3. The lowest BCUT2D eigenvalue weighted by Gasteiger charge is -2.14. The summed E-state index contributed by atoms with van der Waals surface area (Å²) in [5.41, 5.74) is 1.59. The summed E-state index contributed by atoms with van der Waals surface area (Å²) in [5.74, 6) is 1.17. The van der Waals surface area contributed by atoms with Crippen LogP contribution in [0.25, 0.3) is 5.69 Å². The Morgan fingerprint density at radius 3 is 2.45 bits per heavy atom. The van der Waals surface area contributed by atoms with Crippen LogP contribution in [-0.4, -0.2) is 46.6 Å². The average molecular weight is 572 g/mol. The third-order valence-corrected chi connectivity index (χ3v) is 6.79. The highest BCUT2D eigenvalue weighted by molar-refractivity contribution is 7.99. The molecule has 0 aliphatic carbocycles. The van der Waals surface area contributed by atoms with Gasteiger partial charge >= 0.3 is 0 Å². The fraction of sp³-hybridized carbons (Fsp3) is 0.154. The van der Waals surface area contributed by atoms with E-state index in [0.717, 1.165) is 0 Å². The van der Waals surface area contributed by atoms with Crippen molar-refractivity contribution in [1.29, 1.82) is 0 Å². The van der Waals surface area contributed by atoms with Crippen molar-refractivity contribution in [2.45, 2.75) is 11.7 Å². The van der Waals surface area contributed by atoms with Gasteiger partial charge in [-0.1, -0.05) is 47.1 Å². The van der Waals surface area contributed by atoms with Crippen LogP contribution in [0.3, 0.4) is 0 Å². The maximum Gasteiger partial charge on any atom is 0.253 e. The zero-order valence-corrected chi connectivity index (χ0v) is 22.7. The van der Waals surface area contributed by atoms with E-state index >= 15 is 0 Å². The van der Waals surface area contributed by atoms with Gasteiger partial charge in [0.05, 0.1) is 42.8 Å². The number of nitrogens with one attached hydrogen (secondary N) is 2. The smallest absolute Gasteiger partial charge is 0.253 e. The highest BCUT2D eigenvalue weighted by Crippen LogP contribution is 2.29. The van der Waals surface area contributed by atoms with Crippen molar-refractivity contribution in [2.75, 3.05) is 25.3 Å². The number of ether oxygens (including phenoxy) is 2. The van der Waals surface area contributed by atoms with Gasteiger partial charge < -0.3 is 20.1 Å². The van der Waals surface area contributed by atoms with Crippen molar-refractivity contribution in [3.63, 3.8) is 0 Å². The van der Waals surface area contributed by atoms with Crippen LogP contribution in [0.4, 0.5) is 5.69 Å². The monoisotopic (exact) mass is 571 g/mol. The maximum absolute atomic E-state index is 12.8. The number of anilines is 1. The lowest BCUT2D eigenvalue weighted by atomic mass is 10.2. The van der Waals surface area contributed by atoms with Gasteiger partial charge in [-0.2, -0.15) is 0 Å². The summed E-state index contributed by atoms with van der Waals surface area (Å²) in [5, 5.41) is 15.3. The molecule has 1 heterocycles. The van der Waals surface area contributed by atoms with Crippen molar-refractivity contribution in [3.05, 3.63) is 88.2 Å². The standard InChI is InChI=1S/C26H23Cl2N5O4S/c1-36-18-10-8-17(9-11-18)30-24(34)15-38-26-32-31-23(33(26)21-5-3-4-6-22(21)37-2)14-29-25(35)19-12-7-16(27)13-20(19)28/h3-13H,14-15H2,1-2H3,(H,29,35)(H,30,34). The Bertz CT molecular complexity index is 1450. The Hall–Kier alpha value is -3.73. The first-order chi connectivity index (χ1) is 18.4. The normalized spacial score (nSPS) is 10.6. The molecule has 3 aromatic carbocycles. The minimum Gasteiger partial charge on any atom is -0.497 e. The van der Waals surface area contributed by atoms with E-state index in [-0.39, 0.29) is 28.8 Å². The number of methoxy groups -OCH3 is 2. The molecule has 12 heteroatoms. The molecule has 0 unspecified atom stereocenters. The number of rotatable bonds is 10. The quantitative estimate of drug-likeness (QED) is 0.250. The first-order valence-electron chi connectivity index (χ1n) is 11.3. The SMILES string of the molecule is COc1ccc(NC(=O)CSc2nnc(CNC(=O)c3ccc(Cl)cc3Cl)n2-c2ccccc2OC)cc1. The minimum atomic E-state index is -0.394. The van der Waals surface area contributed by atoms with Gasteiger partial charge in [-0.15, -0.1) is 10.2 Å². The van der Waals surface area contributed by atoms with Crippen LogP contribution in [0, 0.1) is 0 Å². The van der Waals surface area contributed by atoms with Crippen LogP contribution < -0.4 is 20.1 Å². The Kier molecular flexibility index (Phi) is 9.11. The molecule has 0 saturated carbocycles. The van der Waals surface area contributed by atoms with Crippen molar-refractivity contribution < 1.29 is 19.1 Å². The number of halogens is 2. The van der Waals surface area contributed by atoms with E-state index in [1.54, 1.807) is 61.3 Å². The summed E-state index contributed by atoms with van der Waals surface area (Å²) < 4.78 is 12.4. The molecule has 9 nitrogen and oxygen atoms in total. The molecule has 0 fully saturated rings. The number of thioether (sulfide) groups is 1. The first kappa shape index (κ1) is 27.3. The predicted octanol–water partition coefficient (Wildman–Crippen LogP) is 5.25. The Labute approximate surface area is 233 Å². The zero-order valence-electron chi connectivity index (χ0n) is 20.4. The number of carbonyl (C=O) groups excluding carboxylic acids is 2. The number of carbonyl (C=O) groups is 2. The van der Waals surface area contributed by atoms with Crippen molar-refractivity contribution in [3.8, 4) is 17.2 Å². The molecule has 196 valence electrons. The molecule has 0 spiro atoms. The Morgan fingerprint density at radius 1 is 0.974 bits per heavy atom. The summed E-state index contributed by atoms with van der Waals surface area (Å²) in [6, 6.07) is 19.0. The highest BCUT2D eigenvalue weighted by Gasteiger charge is 2.20. The first-order valence-corrected chi connectivity index (χ1v) is 13.0. The molecule has 0 aliphatic heterocycles. The van der Waals surface area contributed by atoms with Crippen molar-refractivity contribution >= 4 is 52.5 Å². The van der Waals surface area contributed by atoms with E-state index in [9.17, 15) is 9.59 Å². The van der Waals surface area contributed by atoms with Gasteiger partial charge in [0.2, 0.25) is 5.91 Å². The number of hydrogen-bond donors (Lipinski definition) is 2. The fourth-order valence-corrected chi connectivity index (χ4v) is 4.75. The summed E-state index contributed by atoms with van der Waals surface area (Å²) in [7, 11) is 3.14. The summed E-state index contributed by atoms with van der Waals surface area (Å²) >= 11 is 13.3. The summed E-state index contributed by atoms with van der Waals surface area (Å²) in [6.07, 6.45) is 0. The van der Waals surface area contributed by atoms with Crippen molar-refractivity contribution in [2.24, 2.45) is 0 Å². The molecule has 4 aromatic rings. The lowest BCUT2D eigenvalue weighted by molar-refractivity contribution is -0.113. The van der Waals surface area contributed by atoms with E-state index in [4.69, 9.17) is 32.7 Å². The number of hydrogen-bond acceptors (Lipinski definition) is 7. The van der Waals surface area contributed by atoms with Gasteiger partial charge in [-0.05, 0) is 54.6 Å². The van der Waals surface area contributed by atoms with Gasteiger partial charge in [0.1, 0.15) is 11.5 Å². The molecular weight excluding hydrogens is 549 g/mol. The molecule has 1 aromatic heterocycles. The van der Waals surface area contributed by atoms with E-state index in [1.807, 2.05) is 18.2 Å². The molecule has 2 amide bonds. The van der Waals surface area contributed by atoms with Gasteiger partial charge in [-0.25, -0.2) is 0 Å². The number of aromatic nitrogens is 3. The van der Waals surface area contributed by atoms with E-state index < -0.39 is 5.91 Å². The largest absolute Gasteiger partial charge is 0.497 e. The summed E-state index contributed by atoms with van der Waals surface area (Å²) in [6.45, 7) is 0.0431. The van der Waals surface area contributed by atoms with Crippen LogP contribution in [-0.2, 0) is 11.3 Å². The molecule has 0 atom stereocenters. The molecule has 4 rings (SSSR count). The zero-order chi connectivity index (χ0) is 27.1. The average Bonchev–Trinajstić information content (AvgIpc) is 3.33. The van der Waals surface area contributed by atoms with Crippen molar-refractivity contribution in [1.82, 2.24) is 20.1 Å². The van der Waals surface area contributed by atoms with E-state index in [2.05, 4.69) is 20.8 Å². The highest BCUT2D eigenvalue weighted by atomic mass is 35.5. The third-order valence-electron chi connectivity index (χ3n) is 5.32. The van der Waals surface area contributed by atoms with Gasteiger partial charge in [0, 0.05) is 10.7 Å². The van der Waals surface area contributed by atoms with Gasteiger partial charge in [0.15, 0.2) is 11.0 Å². The predicted molar refractivity (Wildman–Crippen MR) is 148 cm³/mol. The van der Waals surface area contributed by atoms with E-state index in [1.165, 1.54) is 17.8 Å². The summed E-state index contributed by atoms with van der Waals surface area (Å²) in [4.78, 5) is 25.4. The minimum absolute atomic E-state index is 0.0431. The Balaban J connectivity index is 1.53. The molecule has 0 bridgehead atoms. The number of para-hydroxylation sites is 2. The second-order valence-corrected chi connectivity index (χ2v) is 9.56. The van der Waals surface area contributed by atoms with Gasteiger partial charge in [0.25, 0.3) is 5.91 Å². The van der Waals surface area contributed by atoms with Gasteiger partial charge in [-0.3, -0.25) is 14.2 Å². The second kappa shape index (κ2) is 12.7. The van der Waals surface area contributed by atoms with Crippen LogP contribution in [0.2, 0.25) is 10.0 Å². The Morgan fingerprint density at radius 2 is 1.74 bits per heavy atom. The van der Waals surface area contributed by atoms with Crippen LogP contribution >= 0.6 is 35.0 Å². The van der Waals surface area contributed by atoms with Crippen LogP contribution in [0.1, 0.15) is 16.2 Å². The van der Waals surface area contributed by atoms with Crippen LogP contribution in [0.5, 0.6) is 11.5 Å². The molecule has 2 N–H and O–H groups in total.